The van der Waals surface area contributed by atoms with Gasteiger partial charge in [0.25, 0.3) is 0 Å². The number of aliphatic hydroxyl groups is 1. The van der Waals surface area contributed by atoms with E-state index in [1.54, 1.807) is 18.3 Å². The molecule has 3 aliphatic carbocycles. The molecule has 3 aliphatic rings. The summed E-state index contributed by atoms with van der Waals surface area (Å²) in [6, 6.07) is 0. The van der Waals surface area contributed by atoms with Crippen LogP contribution in [0.4, 0.5) is 0 Å². The van der Waals surface area contributed by atoms with Gasteiger partial charge in [0.2, 0.25) is 0 Å². The summed E-state index contributed by atoms with van der Waals surface area (Å²) in [5.41, 5.74) is 3.30. The van der Waals surface area contributed by atoms with Crippen LogP contribution < -0.4 is 0 Å². The van der Waals surface area contributed by atoms with Gasteiger partial charge in [-0.25, -0.2) is 4.79 Å². The highest BCUT2D eigenvalue weighted by Crippen LogP contribution is 2.44. The number of allylic oxidation sites excluding steroid dienone is 4. The lowest BCUT2D eigenvalue weighted by Gasteiger charge is -2.39. The molecule has 0 aromatic heterocycles. The van der Waals surface area contributed by atoms with Gasteiger partial charge in [-0.15, -0.1) is 0 Å². The maximum Gasteiger partial charge on any atom is 0.335 e. The van der Waals surface area contributed by atoms with Crippen molar-refractivity contribution >= 4 is 5.97 Å². The van der Waals surface area contributed by atoms with Crippen LogP contribution in [0, 0.1) is 41.4 Å². The molecule has 0 aliphatic heterocycles. The van der Waals surface area contributed by atoms with Crippen molar-refractivity contribution in [2.75, 3.05) is 26.9 Å². The van der Waals surface area contributed by atoms with E-state index < -0.39 is 5.97 Å². The number of methoxy groups -OCH3 is 1. The highest BCUT2D eigenvalue weighted by Gasteiger charge is 2.34. The predicted octanol–water partition coefficient (Wildman–Crippen LogP) is 10.4. The van der Waals surface area contributed by atoms with Gasteiger partial charge in [0, 0.05) is 13.0 Å². The Hall–Kier alpha value is -1.39. The first-order chi connectivity index (χ1) is 21.3. The smallest absolute Gasteiger partial charge is 0.335 e. The maximum absolute atomic E-state index is 12.0. The first-order valence-electron chi connectivity index (χ1n) is 18.6. The van der Waals surface area contributed by atoms with Crippen LogP contribution in [-0.2, 0) is 14.3 Å². The zero-order valence-corrected chi connectivity index (χ0v) is 29.1. The predicted molar refractivity (Wildman–Crippen MR) is 184 cm³/mol. The second kappa shape index (κ2) is 20.7. The number of hydrogen-bond donors (Lipinski definition) is 1. The summed E-state index contributed by atoms with van der Waals surface area (Å²) in [5, 5.41) is 9.13. The first kappa shape index (κ1) is 37.1. The van der Waals surface area contributed by atoms with Crippen molar-refractivity contribution in [2.45, 2.75) is 143 Å². The Morgan fingerprint density at radius 2 is 1.50 bits per heavy atom. The quantitative estimate of drug-likeness (QED) is 0.0584. The topological polar surface area (TPSA) is 55.8 Å². The van der Waals surface area contributed by atoms with Crippen molar-refractivity contribution in [3.05, 3.63) is 35.5 Å². The van der Waals surface area contributed by atoms with E-state index in [1.165, 1.54) is 122 Å². The highest BCUT2D eigenvalue weighted by atomic mass is 16.5. The number of hydrogen-bond acceptors (Lipinski definition) is 4. The molecule has 0 bridgehead atoms. The molecule has 3 rings (SSSR count). The number of esters is 1. The maximum atomic E-state index is 12.0. The van der Waals surface area contributed by atoms with E-state index in [-0.39, 0.29) is 18.1 Å². The Labute approximate surface area is 271 Å². The molecule has 0 aromatic carbocycles. The molecule has 0 amide bonds. The largest absolute Gasteiger partial charge is 0.462 e. The van der Waals surface area contributed by atoms with E-state index in [2.05, 4.69) is 39.5 Å². The molecular formula is C40H68O4. The van der Waals surface area contributed by atoms with Crippen molar-refractivity contribution in [3.63, 3.8) is 0 Å². The van der Waals surface area contributed by atoms with Gasteiger partial charge in [0.15, 0.2) is 0 Å². The lowest BCUT2D eigenvalue weighted by atomic mass is 9.67. The van der Waals surface area contributed by atoms with E-state index in [1.807, 2.05) is 0 Å². The molecule has 0 saturated heterocycles. The molecule has 3 fully saturated rings. The van der Waals surface area contributed by atoms with Crippen LogP contribution in [0.3, 0.4) is 0 Å². The standard InChI is InChI=1S/C40H68O4/c1-6-7-8-10-33-11-9-12-35(20-17-33)31(3)15-13-30(2)14-16-34-18-21-36(22-19-34)37-23-25-38(26-24-37)39(28-43-5)29-44-40(42)32(4)27-41/h13,15,33-39,41H,4,6-12,14,16-29H2,1-3,5H3/b30-13+,31-15+. The van der Waals surface area contributed by atoms with Crippen LogP contribution >= 0.6 is 0 Å². The minimum absolute atomic E-state index is 0.120. The van der Waals surface area contributed by atoms with E-state index in [0.29, 0.717) is 19.1 Å². The lowest BCUT2D eigenvalue weighted by Crippen LogP contribution is -2.32. The molecular weight excluding hydrogens is 544 g/mol. The first-order valence-corrected chi connectivity index (χ1v) is 18.6. The van der Waals surface area contributed by atoms with E-state index in [4.69, 9.17) is 14.6 Å². The SMILES string of the molecule is C=C(CO)C(=O)OCC(COC)C1CCC(C2CCC(CC/C(C)=C/C=C(\C)C3CCCC(CCCCC)CC3)CC2)CC1. The van der Waals surface area contributed by atoms with E-state index in [9.17, 15) is 4.79 Å². The number of rotatable bonds is 17. The Kier molecular flexibility index (Phi) is 17.4. The molecule has 1 N–H and O–H groups in total. The Morgan fingerprint density at radius 1 is 0.841 bits per heavy atom. The minimum atomic E-state index is -0.489. The zero-order chi connectivity index (χ0) is 31.7. The summed E-state index contributed by atoms with van der Waals surface area (Å²) in [5.74, 6) is 4.72. The molecule has 3 unspecified atom stereocenters. The number of unbranched alkanes of at least 4 members (excludes halogenated alkanes) is 2. The van der Waals surface area contributed by atoms with Crippen LogP contribution in [-0.4, -0.2) is 38.0 Å². The Bertz CT molecular complexity index is 887. The van der Waals surface area contributed by atoms with Crippen LogP contribution in [0.5, 0.6) is 0 Å². The molecule has 4 nitrogen and oxygen atoms in total. The normalized spacial score (nSPS) is 29.6. The second-order valence-electron chi connectivity index (χ2n) is 15.1. The van der Waals surface area contributed by atoms with Crippen LogP contribution in [0.1, 0.15) is 143 Å². The molecule has 0 radical (unpaired) electrons. The molecule has 252 valence electrons. The van der Waals surface area contributed by atoms with Crippen molar-refractivity contribution in [2.24, 2.45) is 41.4 Å². The Balaban J connectivity index is 1.34. The molecule has 4 heteroatoms. The number of ether oxygens (including phenoxy) is 2. The molecule has 0 spiro atoms. The summed E-state index contributed by atoms with van der Waals surface area (Å²) in [4.78, 5) is 12.0. The summed E-state index contributed by atoms with van der Waals surface area (Å²) >= 11 is 0. The van der Waals surface area contributed by atoms with Gasteiger partial charge in [-0.05, 0) is 120 Å². The van der Waals surface area contributed by atoms with Crippen molar-refractivity contribution in [1.82, 2.24) is 0 Å². The van der Waals surface area contributed by atoms with Gasteiger partial charge < -0.3 is 14.6 Å². The fourth-order valence-corrected chi connectivity index (χ4v) is 8.65. The van der Waals surface area contributed by atoms with Gasteiger partial charge in [-0.3, -0.25) is 0 Å². The average molecular weight is 613 g/mol. The third kappa shape index (κ3) is 12.8. The monoisotopic (exact) mass is 613 g/mol. The molecule has 0 aromatic rings. The van der Waals surface area contributed by atoms with Gasteiger partial charge in [-0.2, -0.15) is 0 Å². The summed E-state index contributed by atoms with van der Waals surface area (Å²) < 4.78 is 10.9. The Morgan fingerprint density at radius 3 is 2.16 bits per heavy atom. The van der Waals surface area contributed by atoms with Gasteiger partial charge in [0.1, 0.15) is 0 Å². The van der Waals surface area contributed by atoms with E-state index in [0.717, 1.165) is 29.6 Å². The number of aliphatic hydroxyl groups excluding tert-OH is 1. The minimum Gasteiger partial charge on any atom is -0.462 e. The summed E-state index contributed by atoms with van der Waals surface area (Å²) in [6.07, 6.45) is 31.0. The highest BCUT2D eigenvalue weighted by molar-refractivity contribution is 5.87. The van der Waals surface area contributed by atoms with Gasteiger partial charge in [-0.1, -0.05) is 88.2 Å². The van der Waals surface area contributed by atoms with Crippen LogP contribution in [0.2, 0.25) is 0 Å². The van der Waals surface area contributed by atoms with Crippen LogP contribution in [0.15, 0.2) is 35.5 Å². The summed E-state index contributed by atoms with van der Waals surface area (Å²) in [7, 11) is 1.73. The molecule has 0 heterocycles. The zero-order valence-electron chi connectivity index (χ0n) is 29.1. The van der Waals surface area contributed by atoms with Gasteiger partial charge in [0.05, 0.1) is 25.4 Å². The van der Waals surface area contributed by atoms with E-state index >= 15 is 0 Å². The van der Waals surface area contributed by atoms with Crippen LogP contribution in [0.25, 0.3) is 0 Å². The fraction of sp³-hybridized carbons (Fsp3) is 0.825. The third-order valence-electron chi connectivity index (χ3n) is 11.9. The lowest BCUT2D eigenvalue weighted by molar-refractivity contribution is -0.142. The average Bonchev–Trinajstić information content (AvgIpc) is 3.30. The third-order valence-corrected chi connectivity index (χ3v) is 11.9. The molecule has 3 saturated carbocycles. The number of carbonyl (C=O) groups is 1. The molecule has 44 heavy (non-hydrogen) atoms. The fourth-order valence-electron chi connectivity index (χ4n) is 8.65. The number of carbonyl (C=O) groups excluding carboxylic acids is 1. The summed E-state index contributed by atoms with van der Waals surface area (Å²) in [6.45, 7) is 11.3. The van der Waals surface area contributed by atoms with Crippen molar-refractivity contribution in [3.8, 4) is 0 Å². The van der Waals surface area contributed by atoms with Gasteiger partial charge >= 0.3 is 5.97 Å². The second-order valence-corrected chi connectivity index (χ2v) is 15.1. The van der Waals surface area contributed by atoms with Crippen molar-refractivity contribution in [1.29, 1.82) is 0 Å². The van der Waals surface area contributed by atoms with Crippen molar-refractivity contribution < 1.29 is 19.4 Å². The molecule has 3 atom stereocenters.